The number of benzene rings is 1. The Morgan fingerprint density at radius 3 is 2.48 bits per heavy atom. The molecule has 2 atom stereocenters. The maximum Gasteiger partial charge on any atom is 0.413 e. The summed E-state index contributed by atoms with van der Waals surface area (Å²) in [6.45, 7) is 8.15. The SMILES string of the molecule is CC(C)(C)OC(=O)N1[C@H](CF)[C@@H](c2ccc(-c3ccns3)cc2)OC1(C)C. The summed E-state index contributed by atoms with van der Waals surface area (Å²) in [6, 6.07) is 8.96. The standard InChI is InChI=1S/C20H25FN2O3S/c1-19(2,3)26-18(24)23-15(12-21)17(25-20(23,4)5)14-8-6-13(7-9-14)16-10-11-22-27-16/h6-11,15,17H,12H2,1-5H3/t15-,17-/m1/s1. The largest absolute Gasteiger partial charge is 0.444 e. The Hall–Kier alpha value is -1.99. The highest BCUT2D eigenvalue weighted by Gasteiger charge is 2.51. The van der Waals surface area contributed by atoms with Crippen molar-refractivity contribution in [3.63, 3.8) is 0 Å². The highest BCUT2D eigenvalue weighted by atomic mass is 32.1. The minimum absolute atomic E-state index is 0.562. The molecule has 0 bridgehead atoms. The number of nitrogens with zero attached hydrogens (tertiary/aromatic N) is 2. The van der Waals surface area contributed by atoms with E-state index in [-0.39, 0.29) is 0 Å². The van der Waals surface area contributed by atoms with Gasteiger partial charge in [0, 0.05) is 6.20 Å². The van der Waals surface area contributed by atoms with Crippen molar-refractivity contribution < 1.29 is 18.7 Å². The molecule has 7 heteroatoms. The van der Waals surface area contributed by atoms with Crippen molar-refractivity contribution in [2.45, 2.75) is 58.1 Å². The molecule has 0 aliphatic carbocycles. The Morgan fingerprint density at radius 2 is 1.96 bits per heavy atom. The van der Waals surface area contributed by atoms with E-state index in [0.29, 0.717) is 0 Å². The minimum Gasteiger partial charge on any atom is -0.444 e. The number of aromatic nitrogens is 1. The van der Waals surface area contributed by atoms with Gasteiger partial charge in [0.25, 0.3) is 0 Å². The summed E-state index contributed by atoms with van der Waals surface area (Å²) >= 11 is 1.42. The molecular formula is C20H25FN2O3S. The third kappa shape index (κ3) is 4.14. The number of alkyl halides is 1. The van der Waals surface area contributed by atoms with E-state index in [0.717, 1.165) is 16.0 Å². The van der Waals surface area contributed by atoms with E-state index in [1.807, 2.05) is 30.3 Å². The van der Waals surface area contributed by atoms with Crippen LogP contribution in [0.3, 0.4) is 0 Å². The third-order valence-corrected chi connectivity index (χ3v) is 5.18. The van der Waals surface area contributed by atoms with Gasteiger partial charge in [-0.25, -0.2) is 13.6 Å². The van der Waals surface area contributed by atoms with Crippen molar-refractivity contribution in [2.75, 3.05) is 6.67 Å². The highest BCUT2D eigenvalue weighted by molar-refractivity contribution is 7.09. The average molecular weight is 392 g/mol. The molecule has 2 heterocycles. The molecule has 146 valence electrons. The van der Waals surface area contributed by atoms with Crippen LogP contribution in [0, 0.1) is 0 Å². The summed E-state index contributed by atoms with van der Waals surface area (Å²) < 4.78 is 29.7. The maximum absolute atomic E-state index is 14.0. The van der Waals surface area contributed by atoms with E-state index in [1.165, 1.54) is 16.4 Å². The van der Waals surface area contributed by atoms with Crippen LogP contribution in [0.2, 0.25) is 0 Å². The summed E-state index contributed by atoms with van der Waals surface area (Å²) in [5.41, 5.74) is 0.229. The molecule has 1 aromatic heterocycles. The first-order valence-electron chi connectivity index (χ1n) is 8.89. The molecule has 27 heavy (non-hydrogen) atoms. The fourth-order valence-corrected chi connectivity index (χ4v) is 3.89. The van der Waals surface area contributed by atoms with Crippen LogP contribution in [0.1, 0.15) is 46.3 Å². The molecule has 2 aromatic rings. The first-order chi connectivity index (χ1) is 12.6. The van der Waals surface area contributed by atoms with Crippen molar-refractivity contribution in [1.82, 2.24) is 9.27 Å². The Balaban J connectivity index is 1.87. The maximum atomic E-state index is 14.0. The van der Waals surface area contributed by atoms with Gasteiger partial charge in [0.2, 0.25) is 0 Å². The monoisotopic (exact) mass is 392 g/mol. The fraction of sp³-hybridized carbons (Fsp3) is 0.500. The Labute approximate surface area is 163 Å². The lowest BCUT2D eigenvalue weighted by Crippen LogP contribution is -2.50. The smallest absolute Gasteiger partial charge is 0.413 e. The Morgan fingerprint density at radius 1 is 1.30 bits per heavy atom. The summed E-state index contributed by atoms with van der Waals surface area (Å²) in [5, 5.41) is 0. The summed E-state index contributed by atoms with van der Waals surface area (Å²) in [4.78, 5) is 15.1. The number of carbonyl (C=O) groups is 1. The zero-order chi connectivity index (χ0) is 19.8. The zero-order valence-electron chi connectivity index (χ0n) is 16.2. The minimum atomic E-state index is -0.972. The van der Waals surface area contributed by atoms with Gasteiger partial charge in [-0.2, -0.15) is 0 Å². The second-order valence-corrected chi connectivity index (χ2v) is 8.89. The number of hydrogen-bond donors (Lipinski definition) is 0. The topological polar surface area (TPSA) is 51.7 Å². The normalized spacial score (nSPS) is 22.1. The van der Waals surface area contributed by atoms with E-state index in [4.69, 9.17) is 9.47 Å². The van der Waals surface area contributed by atoms with Crippen molar-refractivity contribution >= 4 is 17.6 Å². The first kappa shape index (κ1) is 19.8. The first-order valence-corrected chi connectivity index (χ1v) is 9.67. The van der Waals surface area contributed by atoms with Gasteiger partial charge in [0.1, 0.15) is 24.1 Å². The van der Waals surface area contributed by atoms with Gasteiger partial charge in [-0.1, -0.05) is 24.3 Å². The third-order valence-electron chi connectivity index (χ3n) is 4.39. The number of amides is 1. The molecule has 1 aromatic carbocycles. The summed E-state index contributed by atoms with van der Waals surface area (Å²) in [6.07, 6.45) is 0.626. The molecule has 1 aliphatic rings. The second kappa shape index (κ2) is 7.20. The van der Waals surface area contributed by atoms with Gasteiger partial charge in [-0.3, -0.25) is 4.90 Å². The van der Waals surface area contributed by atoms with Gasteiger partial charge >= 0.3 is 6.09 Å². The average Bonchev–Trinajstić information content (AvgIpc) is 3.18. The number of rotatable bonds is 3. The highest BCUT2D eigenvalue weighted by Crippen LogP contribution is 2.42. The second-order valence-electron chi connectivity index (χ2n) is 8.06. The molecule has 0 saturated carbocycles. The van der Waals surface area contributed by atoms with E-state index >= 15 is 0 Å². The Bertz CT molecular complexity index is 785. The molecule has 5 nitrogen and oxygen atoms in total. The van der Waals surface area contributed by atoms with Gasteiger partial charge in [-0.15, -0.1) is 0 Å². The van der Waals surface area contributed by atoms with Crippen molar-refractivity contribution in [2.24, 2.45) is 0 Å². The molecular weight excluding hydrogens is 367 g/mol. The zero-order valence-corrected chi connectivity index (χ0v) is 17.0. The van der Waals surface area contributed by atoms with Gasteiger partial charge in [0.15, 0.2) is 0 Å². The molecule has 1 fully saturated rings. The quantitative estimate of drug-likeness (QED) is 0.721. The molecule has 0 N–H and O–H groups in total. The predicted octanol–water partition coefficient (Wildman–Crippen LogP) is 5.19. The van der Waals surface area contributed by atoms with Crippen molar-refractivity contribution in [3.8, 4) is 10.4 Å². The van der Waals surface area contributed by atoms with E-state index < -0.39 is 36.2 Å². The van der Waals surface area contributed by atoms with Gasteiger partial charge < -0.3 is 9.47 Å². The molecule has 1 saturated heterocycles. The van der Waals surface area contributed by atoms with Gasteiger partial charge in [-0.05, 0) is 63.3 Å². The van der Waals surface area contributed by atoms with E-state index in [1.54, 1.807) is 40.8 Å². The van der Waals surface area contributed by atoms with Crippen LogP contribution in [-0.4, -0.2) is 39.4 Å². The Kier molecular flexibility index (Phi) is 5.27. The lowest BCUT2D eigenvalue weighted by atomic mass is 10.0. The number of ether oxygens (including phenoxy) is 2. The molecule has 1 amide bonds. The lowest BCUT2D eigenvalue weighted by molar-refractivity contribution is -0.0797. The summed E-state index contributed by atoms with van der Waals surface area (Å²) in [7, 11) is 0. The van der Waals surface area contributed by atoms with Crippen LogP contribution >= 0.6 is 11.5 Å². The predicted molar refractivity (Wildman–Crippen MR) is 103 cm³/mol. The molecule has 0 spiro atoms. The van der Waals surface area contributed by atoms with Crippen LogP contribution in [0.25, 0.3) is 10.4 Å². The molecule has 1 aliphatic heterocycles. The number of hydrogen-bond acceptors (Lipinski definition) is 5. The molecule has 0 radical (unpaired) electrons. The number of halogens is 1. The summed E-state index contributed by atoms with van der Waals surface area (Å²) in [5.74, 6) is 0. The van der Waals surface area contributed by atoms with Crippen LogP contribution < -0.4 is 0 Å². The van der Waals surface area contributed by atoms with Crippen LogP contribution in [0.5, 0.6) is 0 Å². The lowest BCUT2D eigenvalue weighted by Gasteiger charge is -2.34. The number of carbonyl (C=O) groups excluding carboxylic acids is 1. The van der Waals surface area contributed by atoms with Crippen molar-refractivity contribution in [1.29, 1.82) is 0 Å². The molecule has 3 rings (SSSR count). The van der Waals surface area contributed by atoms with E-state index in [9.17, 15) is 9.18 Å². The fourth-order valence-electron chi connectivity index (χ4n) is 3.29. The van der Waals surface area contributed by atoms with Crippen LogP contribution in [0.4, 0.5) is 9.18 Å². The van der Waals surface area contributed by atoms with Crippen LogP contribution in [0.15, 0.2) is 36.5 Å². The van der Waals surface area contributed by atoms with Crippen LogP contribution in [-0.2, 0) is 9.47 Å². The molecule has 0 unspecified atom stereocenters. The van der Waals surface area contributed by atoms with E-state index in [2.05, 4.69) is 4.37 Å². The van der Waals surface area contributed by atoms with Crippen molar-refractivity contribution in [3.05, 3.63) is 42.1 Å². The van der Waals surface area contributed by atoms with Gasteiger partial charge in [0.05, 0.1) is 10.9 Å².